The summed E-state index contributed by atoms with van der Waals surface area (Å²) < 4.78 is 0. The second-order valence-electron chi connectivity index (χ2n) is 7.52. The lowest BCUT2D eigenvalue weighted by atomic mass is 9.87. The van der Waals surface area contributed by atoms with E-state index in [0.717, 1.165) is 30.6 Å². The van der Waals surface area contributed by atoms with Gasteiger partial charge in [0.15, 0.2) is 0 Å². The molecule has 1 saturated carbocycles. The molecule has 1 aromatic heterocycles. The molecule has 4 nitrogen and oxygen atoms in total. The minimum Gasteiger partial charge on any atom is -0.301 e. The Bertz CT molecular complexity index is 469. The Kier molecular flexibility index (Phi) is 2.88. The smallest absolute Gasteiger partial charge is 0.0881 e. The first-order valence-corrected chi connectivity index (χ1v) is 7.50. The van der Waals surface area contributed by atoms with Crippen LogP contribution in [0.15, 0.2) is 0 Å². The lowest BCUT2D eigenvalue weighted by molar-refractivity contribution is 0.312. The third-order valence-electron chi connectivity index (χ3n) is 4.96. The number of rotatable bonds is 1. The Morgan fingerprint density at radius 3 is 2.32 bits per heavy atom. The van der Waals surface area contributed by atoms with Gasteiger partial charge in [0.05, 0.1) is 11.4 Å². The van der Waals surface area contributed by atoms with Gasteiger partial charge in [0, 0.05) is 14.1 Å². The Balaban J connectivity index is 1.79. The van der Waals surface area contributed by atoms with Crippen LogP contribution in [0.4, 0.5) is 0 Å². The minimum absolute atomic E-state index is 0.465. The molecular formula is C15H26N4. The van der Waals surface area contributed by atoms with Crippen molar-refractivity contribution in [3.8, 4) is 0 Å². The first kappa shape index (κ1) is 12.9. The summed E-state index contributed by atoms with van der Waals surface area (Å²) in [6, 6.07) is 0. The van der Waals surface area contributed by atoms with Gasteiger partial charge in [-0.1, -0.05) is 20.8 Å². The highest BCUT2D eigenvalue weighted by Crippen LogP contribution is 2.60. The minimum atomic E-state index is 0.465. The van der Waals surface area contributed by atoms with E-state index in [1.807, 2.05) is 23.9 Å². The van der Waals surface area contributed by atoms with Crippen LogP contribution in [0.1, 0.15) is 45.0 Å². The maximum Gasteiger partial charge on any atom is 0.0881 e. The molecule has 2 aliphatic rings. The molecule has 19 heavy (non-hydrogen) atoms. The number of aromatic nitrogens is 3. The van der Waals surface area contributed by atoms with Gasteiger partial charge in [0.2, 0.25) is 0 Å². The summed E-state index contributed by atoms with van der Waals surface area (Å²) in [6.07, 6.45) is 4.84. The van der Waals surface area contributed by atoms with Crippen LogP contribution in [0, 0.1) is 23.2 Å². The third kappa shape index (κ3) is 2.15. The van der Waals surface area contributed by atoms with Crippen molar-refractivity contribution in [2.45, 2.75) is 46.5 Å². The number of hydrogen-bond acceptors (Lipinski definition) is 3. The molecule has 3 unspecified atom stereocenters. The van der Waals surface area contributed by atoms with Crippen LogP contribution in [0.2, 0.25) is 0 Å². The van der Waals surface area contributed by atoms with E-state index < -0.39 is 0 Å². The number of fused-ring (bicyclic) bond motifs is 2. The first-order valence-electron chi connectivity index (χ1n) is 7.50. The van der Waals surface area contributed by atoms with E-state index in [9.17, 15) is 0 Å². The SMILES string of the molecule is CN(C)n1nnc2c1CCC1C(CC2)C1C(C)(C)C. The molecule has 0 aromatic carbocycles. The van der Waals surface area contributed by atoms with Crippen molar-refractivity contribution < 1.29 is 0 Å². The summed E-state index contributed by atoms with van der Waals surface area (Å²) in [6.45, 7) is 7.19. The van der Waals surface area contributed by atoms with E-state index >= 15 is 0 Å². The lowest BCUT2D eigenvalue weighted by Crippen LogP contribution is -2.28. The Morgan fingerprint density at radius 2 is 1.74 bits per heavy atom. The van der Waals surface area contributed by atoms with Crippen LogP contribution in [0.5, 0.6) is 0 Å². The van der Waals surface area contributed by atoms with Gasteiger partial charge in [-0.15, -0.1) is 5.10 Å². The molecule has 0 N–H and O–H groups in total. The van der Waals surface area contributed by atoms with Crippen LogP contribution in [-0.2, 0) is 12.8 Å². The van der Waals surface area contributed by atoms with E-state index in [4.69, 9.17) is 0 Å². The second-order valence-corrected chi connectivity index (χ2v) is 7.52. The van der Waals surface area contributed by atoms with Crippen molar-refractivity contribution in [1.29, 1.82) is 0 Å². The zero-order valence-electron chi connectivity index (χ0n) is 12.8. The van der Waals surface area contributed by atoms with Gasteiger partial charge in [-0.25, -0.2) is 0 Å². The lowest BCUT2D eigenvalue weighted by Gasteiger charge is -2.18. The Morgan fingerprint density at radius 1 is 1.11 bits per heavy atom. The molecule has 2 aliphatic carbocycles. The largest absolute Gasteiger partial charge is 0.301 e. The molecule has 3 rings (SSSR count). The molecule has 106 valence electrons. The summed E-state index contributed by atoms with van der Waals surface area (Å²) in [5, 5.41) is 10.7. The van der Waals surface area contributed by atoms with Gasteiger partial charge in [0.25, 0.3) is 0 Å². The Labute approximate surface area is 116 Å². The summed E-state index contributed by atoms with van der Waals surface area (Å²) in [5.41, 5.74) is 3.03. The topological polar surface area (TPSA) is 34.0 Å². The third-order valence-corrected chi connectivity index (χ3v) is 4.96. The van der Waals surface area contributed by atoms with E-state index in [1.54, 1.807) is 0 Å². The molecule has 0 bridgehead atoms. The highest BCUT2D eigenvalue weighted by molar-refractivity contribution is 5.17. The zero-order chi connectivity index (χ0) is 13.8. The highest BCUT2D eigenvalue weighted by atomic mass is 15.7. The van der Waals surface area contributed by atoms with Gasteiger partial charge in [-0.3, -0.25) is 0 Å². The molecular weight excluding hydrogens is 236 g/mol. The second kappa shape index (κ2) is 4.22. The maximum absolute atomic E-state index is 4.39. The van der Waals surface area contributed by atoms with Crippen LogP contribution in [-0.4, -0.2) is 29.2 Å². The van der Waals surface area contributed by atoms with E-state index in [-0.39, 0.29) is 0 Å². The van der Waals surface area contributed by atoms with Crippen LogP contribution in [0.3, 0.4) is 0 Å². The average Bonchev–Trinajstić information content (AvgIpc) is 2.82. The number of hydrogen-bond donors (Lipinski definition) is 0. The van der Waals surface area contributed by atoms with Crippen molar-refractivity contribution >= 4 is 0 Å². The summed E-state index contributed by atoms with van der Waals surface area (Å²) in [5.74, 6) is 2.77. The van der Waals surface area contributed by atoms with Gasteiger partial charge < -0.3 is 5.01 Å². The molecule has 1 aromatic rings. The molecule has 4 heteroatoms. The summed E-state index contributed by atoms with van der Waals surface area (Å²) >= 11 is 0. The summed E-state index contributed by atoms with van der Waals surface area (Å²) in [7, 11) is 4.07. The standard InChI is InChI=1S/C15H26N4/c1-15(2,3)14-10-6-8-12-13(9-7-11(10)14)19(17-16-12)18(4)5/h10-11,14H,6-9H2,1-5H3. The first-order chi connectivity index (χ1) is 8.89. The molecule has 3 atom stereocenters. The van der Waals surface area contributed by atoms with Crippen molar-refractivity contribution in [1.82, 2.24) is 15.1 Å². The van der Waals surface area contributed by atoms with E-state index in [1.165, 1.54) is 24.2 Å². The molecule has 0 aliphatic heterocycles. The van der Waals surface area contributed by atoms with Gasteiger partial charge >= 0.3 is 0 Å². The molecule has 1 heterocycles. The predicted molar refractivity (Wildman–Crippen MR) is 76.7 cm³/mol. The fourth-order valence-corrected chi connectivity index (χ4v) is 4.21. The van der Waals surface area contributed by atoms with Crippen molar-refractivity contribution in [2.24, 2.45) is 23.2 Å². The van der Waals surface area contributed by atoms with Crippen LogP contribution in [0.25, 0.3) is 0 Å². The number of nitrogens with zero attached hydrogens (tertiary/aromatic N) is 4. The Hall–Kier alpha value is -1.06. The van der Waals surface area contributed by atoms with Gasteiger partial charge in [0.1, 0.15) is 0 Å². The van der Waals surface area contributed by atoms with E-state index in [0.29, 0.717) is 5.41 Å². The molecule has 0 spiro atoms. The van der Waals surface area contributed by atoms with E-state index in [2.05, 4.69) is 31.1 Å². The van der Waals surface area contributed by atoms with Gasteiger partial charge in [-0.2, -0.15) is 4.79 Å². The van der Waals surface area contributed by atoms with Crippen LogP contribution >= 0.6 is 0 Å². The molecule has 1 fully saturated rings. The van der Waals surface area contributed by atoms with Crippen molar-refractivity contribution in [3.05, 3.63) is 11.4 Å². The molecule has 0 saturated heterocycles. The quantitative estimate of drug-likeness (QED) is 0.778. The molecule has 0 amide bonds. The number of aryl methyl sites for hydroxylation is 1. The summed E-state index contributed by atoms with van der Waals surface area (Å²) in [4.78, 5) is 1.98. The average molecular weight is 262 g/mol. The predicted octanol–water partition coefficient (Wildman–Crippen LogP) is 2.26. The molecule has 0 radical (unpaired) electrons. The maximum atomic E-state index is 4.39. The zero-order valence-corrected chi connectivity index (χ0v) is 12.8. The fourth-order valence-electron chi connectivity index (χ4n) is 4.21. The van der Waals surface area contributed by atoms with Crippen molar-refractivity contribution in [2.75, 3.05) is 19.1 Å². The fraction of sp³-hybridized carbons (Fsp3) is 0.867. The van der Waals surface area contributed by atoms with Gasteiger partial charge in [-0.05, 0) is 54.1 Å². The monoisotopic (exact) mass is 262 g/mol. The highest BCUT2D eigenvalue weighted by Gasteiger charge is 2.54. The van der Waals surface area contributed by atoms with Crippen LogP contribution < -0.4 is 5.01 Å². The van der Waals surface area contributed by atoms with Crippen molar-refractivity contribution in [3.63, 3.8) is 0 Å². The normalized spacial score (nSPS) is 30.1.